The predicted molar refractivity (Wildman–Crippen MR) is 74.6 cm³/mol. The number of anilines is 2. The Hall–Kier alpha value is -1.72. The summed E-state index contributed by atoms with van der Waals surface area (Å²) in [4.78, 5) is 16.1. The molecule has 1 heterocycles. The highest BCUT2D eigenvalue weighted by Gasteiger charge is 2.08. The maximum atomic E-state index is 11.4. The second-order valence-electron chi connectivity index (χ2n) is 3.83. The fourth-order valence-electron chi connectivity index (χ4n) is 1.51. The molecular formula is C13H15N3OS. The summed E-state index contributed by atoms with van der Waals surface area (Å²) < 4.78 is 0. The molecule has 3 N–H and O–H groups in total. The van der Waals surface area contributed by atoms with E-state index in [0.29, 0.717) is 10.0 Å². The largest absolute Gasteiger partial charge is 0.332 e. The summed E-state index contributed by atoms with van der Waals surface area (Å²) in [5, 5.41) is 3.87. The molecule has 1 aromatic heterocycles. The van der Waals surface area contributed by atoms with Crippen LogP contribution in [-0.4, -0.2) is 17.3 Å². The van der Waals surface area contributed by atoms with Crippen molar-refractivity contribution in [3.8, 4) is 0 Å². The van der Waals surface area contributed by atoms with Gasteiger partial charge in [0, 0.05) is 5.69 Å². The molecule has 0 saturated heterocycles. The van der Waals surface area contributed by atoms with Crippen molar-refractivity contribution in [3.63, 3.8) is 0 Å². The number of nitrogens with two attached hydrogens (primary N) is 1. The first-order valence-electron chi connectivity index (χ1n) is 5.78. The summed E-state index contributed by atoms with van der Waals surface area (Å²) in [5.74, 6) is -0.0816. The number of carbonyl (C=O) groups excluding carboxylic acids is 1. The van der Waals surface area contributed by atoms with Gasteiger partial charge in [-0.15, -0.1) is 0 Å². The minimum absolute atomic E-state index is 0.0207. The Balaban J connectivity index is 2.08. The molecule has 0 amide bonds. The number of aromatic nitrogens is 1. The molecule has 0 atom stereocenters. The molecule has 5 heteroatoms. The fraction of sp³-hybridized carbons (Fsp3) is 0.231. The Kier molecular flexibility index (Phi) is 4.07. The summed E-state index contributed by atoms with van der Waals surface area (Å²) in [7, 11) is 0. The third-order valence-electron chi connectivity index (χ3n) is 2.58. The van der Waals surface area contributed by atoms with Gasteiger partial charge in [0.15, 0.2) is 10.9 Å². The van der Waals surface area contributed by atoms with Gasteiger partial charge in [-0.05, 0) is 24.1 Å². The molecule has 94 valence electrons. The van der Waals surface area contributed by atoms with E-state index in [1.54, 1.807) is 6.20 Å². The van der Waals surface area contributed by atoms with Gasteiger partial charge in [0.1, 0.15) is 0 Å². The molecule has 1 aromatic carbocycles. The second-order valence-corrected chi connectivity index (χ2v) is 4.86. The Bertz CT molecular complexity index is 533. The van der Waals surface area contributed by atoms with Gasteiger partial charge in [0.2, 0.25) is 0 Å². The van der Waals surface area contributed by atoms with Crippen LogP contribution in [0.3, 0.4) is 0 Å². The number of rotatable bonds is 5. The third kappa shape index (κ3) is 2.94. The number of Topliss-reactive ketones (excluding diaryl/α,β-unsaturated/α-hetero) is 1. The SMILES string of the molecule is CCc1ccc(Nc2ncc(C(=O)CN)s2)cc1. The van der Waals surface area contributed by atoms with E-state index in [1.807, 2.05) is 12.1 Å². The van der Waals surface area contributed by atoms with E-state index in [1.165, 1.54) is 16.9 Å². The average molecular weight is 261 g/mol. The van der Waals surface area contributed by atoms with Crippen molar-refractivity contribution in [1.29, 1.82) is 0 Å². The number of hydrogen-bond acceptors (Lipinski definition) is 5. The number of ketones is 1. The monoisotopic (exact) mass is 261 g/mol. The summed E-state index contributed by atoms with van der Waals surface area (Å²) in [6.45, 7) is 2.14. The van der Waals surface area contributed by atoms with Crippen LogP contribution < -0.4 is 11.1 Å². The van der Waals surface area contributed by atoms with Gasteiger partial charge in [-0.3, -0.25) is 4.79 Å². The number of nitrogens with one attached hydrogen (secondary N) is 1. The van der Waals surface area contributed by atoms with E-state index in [2.05, 4.69) is 29.4 Å². The molecule has 0 aliphatic heterocycles. The Morgan fingerprint density at radius 1 is 1.39 bits per heavy atom. The summed E-state index contributed by atoms with van der Waals surface area (Å²) >= 11 is 1.32. The molecule has 0 unspecified atom stereocenters. The standard InChI is InChI=1S/C13H15N3OS/c1-2-9-3-5-10(6-4-9)16-13-15-8-12(18-13)11(17)7-14/h3-6,8H,2,7,14H2,1H3,(H,15,16). The second kappa shape index (κ2) is 5.75. The lowest BCUT2D eigenvalue weighted by Gasteiger charge is -2.03. The van der Waals surface area contributed by atoms with Crippen LogP contribution >= 0.6 is 11.3 Å². The maximum absolute atomic E-state index is 11.4. The van der Waals surface area contributed by atoms with Gasteiger partial charge in [0.25, 0.3) is 0 Å². The van der Waals surface area contributed by atoms with Crippen molar-refractivity contribution < 1.29 is 4.79 Å². The lowest BCUT2D eigenvalue weighted by molar-refractivity contribution is 0.100. The van der Waals surface area contributed by atoms with Gasteiger partial charge in [-0.1, -0.05) is 30.4 Å². The van der Waals surface area contributed by atoms with Crippen LogP contribution in [-0.2, 0) is 6.42 Å². The molecular weight excluding hydrogens is 246 g/mol. The molecule has 0 spiro atoms. The molecule has 2 aromatic rings. The van der Waals surface area contributed by atoms with Crippen molar-refractivity contribution in [2.45, 2.75) is 13.3 Å². The zero-order chi connectivity index (χ0) is 13.0. The summed E-state index contributed by atoms with van der Waals surface area (Å²) in [6.07, 6.45) is 2.58. The van der Waals surface area contributed by atoms with E-state index in [0.717, 1.165) is 12.1 Å². The Morgan fingerprint density at radius 2 is 2.11 bits per heavy atom. The molecule has 0 aliphatic rings. The molecule has 0 saturated carbocycles. The van der Waals surface area contributed by atoms with Crippen molar-refractivity contribution in [2.75, 3.05) is 11.9 Å². The van der Waals surface area contributed by atoms with Gasteiger partial charge in [0.05, 0.1) is 17.6 Å². The van der Waals surface area contributed by atoms with Gasteiger partial charge in [-0.25, -0.2) is 4.98 Å². The smallest absolute Gasteiger partial charge is 0.187 e. The molecule has 18 heavy (non-hydrogen) atoms. The van der Waals surface area contributed by atoms with E-state index in [4.69, 9.17) is 5.73 Å². The van der Waals surface area contributed by atoms with E-state index >= 15 is 0 Å². The highest BCUT2D eigenvalue weighted by molar-refractivity contribution is 7.17. The number of aryl methyl sites for hydroxylation is 1. The van der Waals surface area contributed by atoms with Crippen LogP contribution in [0.4, 0.5) is 10.8 Å². The molecule has 0 fully saturated rings. The Morgan fingerprint density at radius 3 is 2.72 bits per heavy atom. The lowest BCUT2D eigenvalue weighted by atomic mass is 10.1. The zero-order valence-electron chi connectivity index (χ0n) is 10.1. The van der Waals surface area contributed by atoms with E-state index < -0.39 is 0 Å². The first kappa shape index (κ1) is 12.7. The first-order chi connectivity index (χ1) is 8.72. The number of thiazole rings is 1. The molecule has 0 bridgehead atoms. The van der Waals surface area contributed by atoms with Gasteiger partial charge in [-0.2, -0.15) is 0 Å². The highest BCUT2D eigenvalue weighted by Crippen LogP contribution is 2.23. The van der Waals surface area contributed by atoms with Crippen LogP contribution in [0.2, 0.25) is 0 Å². The summed E-state index contributed by atoms with van der Waals surface area (Å²) in [5.41, 5.74) is 7.56. The van der Waals surface area contributed by atoms with Crippen LogP contribution in [0.15, 0.2) is 30.5 Å². The highest BCUT2D eigenvalue weighted by atomic mass is 32.1. The van der Waals surface area contributed by atoms with Crippen LogP contribution in [0.25, 0.3) is 0 Å². The minimum atomic E-state index is -0.0816. The number of carbonyl (C=O) groups is 1. The number of benzene rings is 1. The molecule has 4 nitrogen and oxygen atoms in total. The van der Waals surface area contributed by atoms with Crippen molar-refractivity contribution in [1.82, 2.24) is 4.98 Å². The van der Waals surface area contributed by atoms with E-state index in [9.17, 15) is 4.79 Å². The van der Waals surface area contributed by atoms with Crippen molar-refractivity contribution in [2.24, 2.45) is 5.73 Å². The maximum Gasteiger partial charge on any atom is 0.187 e. The molecule has 2 rings (SSSR count). The lowest BCUT2D eigenvalue weighted by Crippen LogP contribution is -2.11. The first-order valence-corrected chi connectivity index (χ1v) is 6.59. The third-order valence-corrected chi connectivity index (χ3v) is 3.53. The fourth-order valence-corrected chi connectivity index (χ4v) is 2.29. The number of nitrogens with zero attached hydrogens (tertiary/aromatic N) is 1. The Labute approximate surface area is 110 Å². The molecule has 0 aliphatic carbocycles. The molecule has 0 radical (unpaired) electrons. The van der Waals surface area contributed by atoms with Crippen LogP contribution in [0.5, 0.6) is 0 Å². The van der Waals surface area contributed by atoms with Crippen molar-refractivity contribution >= 4 is 27.9 Å². The average Bonchev–Trinajstić information content (AvgIpc) is 2.87. The summed E-state index contributed by atoms with van der Waals surface area (Å²) in [6, 6.07) is 8.15. The predicted octanol–water partition coefficient (Wildman–Crippen LogP) is 2.59. The quantitative estimate of drug-likeness (QED) is 0.812. The van der Waals surface area contributed by atoms with Gasteiger partial charge < -0.3 is 11.1 Å². The van der Waals surface area contributed by atoms with Crippen LogP contribution in [0.1, 0.15) is 22.2 Å². The van der Waals surface area contributed by atoms with E-state index in [-0.39, 0.29) is 12.3 Å². The van der Waals surface area contributed by atoms with Gasteiger partial charge >= 0.3 is 0 Å². The topological polar surface area (TPSA) is 68.0 Å². The van der Waals surface area contributed by atoms with Crippen LogP contribution in [0, 0.1) is 0 Å². The zero-order valence-corrected chi connectivity index (χ0v) is 11.0. The normalized spacial score (nSPS) is 10.3. The van der Waals surface area contributed by atoms with Crippen molar-refractivity contribution in [3.05, 3.63) is 40.9 Å². The number of hydrogen-bond donors (Lipinski definition) is 2. The minimum Gasteiger partial charge on any atom is -0.332 e.